The van der Waals surface area contributed by atoms with Gasteiger partial charge in [-0.3, -0.25) is 9.79 Å². The Hall–Kier alpha value is -2.29. The maximum absolute atomic E-state index is 12.2. The van der Waals surface area contributed by atoms with Crippen molar-refractivity contribution in [3.05, 3.63) is 35.4 Å². The van der Waals surface area contributed by atoms with Crippen molar-refractivity contribution in [1.29, 1.82) is 0 Å². The summed E-state index contributed by atoms with van der Waals surface area (Å²) >= 11 is 0. The van der Waals surface area contributed by atoms with Crippen LogP contribution < -0.4 is 5.32 Å². The van der Waals surface area contributed by atoms with Gasteiger partial charge in [0.1, 0.15) is 6.61 Å². The van der Waals surface area contributed by atoms with E-state index in [1.165, 1.54) is 7.11 Å². The molecule has 1 saturated heterocycles. The number of rotatable bonds is 6. The van der Waals surface area contributed by atoms with Crippen LogP contribution in [0.2, 0.25) is 0 Å². The summed E-state index contributed by atoms with van der Waals surface area (Å²) in [6.07, 6.45) is -4.33. The lowest BCUT2D eigenvalue weighted by atomic mass is 9.99. The SMILES string of the molecule is CN=C(NCc1cccc(COCC(F)(F)F)c1)N1CC(C)C(C(=O)OC)C1. The van der Waals surface area contributed by atoms with Gasteiger partial charge in [0.25, 0.3) is 0 Å². The molecule has 0 spiro atoms. The second kappa shape index (κ2) is 9.77. The summed E-state index contributed by atoms with van der Waals surface area (Å²) in [6, 6.07) is 7.16. The van der Waals surface area contributed by atoms with Gasteiger partial charge in [-0.1, -0.05) is 31.2 Å². The van der Waals surface area contributed by atoms with Crippen molar-refractivity contribution in [3.63, 3.8) is 0 Å². The monoisotopic (exact) mass is 401 g/mol. The van der Waals surface area contributed by atoms with Crippen molar-refractivity contribution in [3.8, 4) is 0 Å². The molecule has 0 amide bonds. The van der Waals surface area contributed by atoms with Gasteiger partial charge in [0.05, 0.1) is 19.6 Å². The minimum absolute atomic E-state index is 0.105. The van der Waals surface area contributed by atoms with E-state index in [1.54, 1.807) is 25.2 Å². The summed E-state index contributed by atoms with van der Waals surface area (Å²) in [5.41, 5.74) is 1.56. The van der Waals surface area contributed by atoms with Crippen LogP contribution in [0.1, 0.15) is 18.1 Å². The Balaban J connectivity index is 1.90. The fourth-order valence-electron chi connectivity index (χ4n) is 3.23. The number of carbonyl (C=O) groups excluding carboxylic acids is 1. The molecular formula is C19H26F3N3O3. The molecule has 1 aromatic rings. The number of ether oxygens (including phenoxy) is 2. The van der Waals surface area contributed by atoms with Gasteiger partial charge in [-0.05, 0) is 17.0 Å². The number of guanidine groups is 1. The lowest BCUT2D eigenvalue weighted by Crippen LogP contribution is -2.40. The Bertz CT molecular complexity index is 694. The average molecular weight is 401 g/mol. The number of carbonyl (C=O) groups is 1. The van der Waals surface area contributed by atoms with Crippen LogP contribution in [0.3, 0.4) is 0 Å². The molecular weight excluding hydrogens is 375 g/mol. The van der Waals surface area contributed by atoms with Crippen molar-refractivity contribution in [2.45, 2.75) is 26.3 Å². The molecule has 0 radical (unpaired) electrons. The smallest absolute Gasteiger partial charge is 0.411 e. The van der Waals surface area contributed by atoms with E-state index in [2.05, 4.69) is 10.3 Å². The van der Waals surface area contributed by atoms with E-state index in [9.17, 15) is 18.0 Å². The highest BCUT2D eigenvalue weighted by molar-refractivity contribution is 5.82. The van der Waals surface area contributed by atoms with E-state index in [1.807, 2.05) is 17.9 Å². The summed E-state index contributed by atoms with van der Waals surface area (Å²) < 4.78 is 46.1. The molecule has 1 aliphatic rings. The predicted octanol–water partition coefficient (Wildman–Crippen LogP) is 2.58. The molecule has 6 nitrogen and oxygen atoms in total. The van der Waals surface area contributed by atoms with Crippen LogP contribution in [0.25, 0.3) is 0 Å². The van der Waals surface area contributed by atoms with Gasteiger partial charge in [0.15, 0.2) is 5.96 Å². The van der Waals surface area contributed by atoms with Crippen LogP contribution in [0.15, 0.2) is 29.3 Å². The number of hydrogen-bond acceptors (Lipinski definition) is 4. The molecule has 2 unspecified atom stereocenters. The molecule has 1 aliphatic heterocycles. The minimum atomic E-state index is -4.33. The van der Waals surface area contributed by atoms with Crippen LogP contribution in [0.5, 0.6) is 0 Å². The molecule has 1 heterocycles. The van der Waals surface area contributed by atoms with Crippen molar-refractivity contribution in [1.82, 2.24) is 10.2 Å². The maximum atomic E-state index is 12.2. The molecule has 9 heteroatoms. The zero-order valence-corrected chi connectivity index (χ0v) is 16.3. The zero-order valence-electron chi connectivity index (χ0n) is 16.3. The van der Waals surface area contributed by atoms with Crippen molar-refractivity contribution < 1.29 is 27.4 Å². The first-order chi connectivity index (χ1) is 13.2. The number of methoxy groups -OCH3 is 1. The van der Waals surface area contributed by atoms with E-state index < -0.39 is 12.8 Å². The number of esters is 1. The standard InChI is InChI=1S/C19H26F3N3O3/c1-13-9-25(10-16(13)17(26)27-3)18(23-2)24-8-14-5-4-6-15(7-14)11-28-12-19(20,21)22/h4-7,13,16H,8-12H2,1-3H3,(H,23,24). The average Bonchev–Trinajstić information content (AvgIpc) is 3.02. The Kier molecular flexibility index (Phi) is 7.68. The minimum Gasteiger partial charge on any atom is -0.469 e. The van der Waals surface area contributed by atoms with Crippen molar-refractivity contribution in [2.24, 2.45) is 16.8 Å². The number of aliphatic imine (C=N–C) groups is 1. The van der Waals surface area contributed by atoms with E-state index in [4.69, 9.17) is 9.47 Å². The fraction of sp³-hybridized carbons (Fsp3) is 0.579. The number of nitrogens with zero attached hydrogens (tertiary/aromatic N) is 2. The molecule has 0 aromatic heterocycles. The van der Waals surface area contributed by atoms with E-state index >= 15 is 0 Å². The third kappa shape index (κ3) is 6.40. The quantitative estimate of drug-likeness (QED) is 0.451. The summed E-state index contributed by atoms with van der Waals surface area (Å²) in [5, 5.41) is 3.24. The van der Waals surface area contributed by atoms with Gasteiger partial charge in [-0.15, -0.1) is 0 Å². The Labute approximate surface area is 162 Å². The van der Waals surface area contributed by atoms with Crippen LogP contribution in [-0.2, 0) is 27.4 Å². The maximum Gasteiger partial charge on any atom is 0.411 e. The van der Waals surface area contributed by atoms with Crippen molar-refractivity contribution in [2.75, 3.05) is 33.9 Å². The number of likely N-dealkylation sites (tertiary alicyclic amines) is 1. The fourth-order valence-corrected chi connectivity index (χ4v) is 3.23. The van der Waals surface area contributed by atoms with Gasteiger partial charge < -0.3 is 19.7 Å². The second-order valence-electron chi connectivity index (χ2n) is 6.84. The summed E-state index contributed by atoms with van der Waals surface area (Å²) in [7, 11) is 3.05. The molecule has 156 valence electrons. The highest BCUT2D eigenvalue weighted by Crippen LogP contribution is 2.24. The number of benzene rings is 1. The van der Waals surface area contributed by atoms with Crippen LogP contribution in [0, 0.1) is 11.8 Å². The molecule has 0 aliphatic carbocycles. The number of nitrogens with one attached hydrogen (secondary N) is 1. The molecule has 2 atom stereocenters. The molecule has 1 N–H and O–H groups in total. The summed E-state index contributed by atoms with van der Waals surface area (Å²) in [5.74, 6) is 0.395. The van der Waals surface area contributed by atoms with Crippen molar-refractivity contribution >= 4 is 11.9 Å². The molecule has 0 bridgehead atoms. The number of hydrogen-bond donors (Lipinski definition) is 1. The first-order valence-corrected chi connectivity index (χ1v) is 8.99. The molecule has 2 rings (SSSR count). The van der Waals surface area contributed by atoms with E-state index in [-0.39, 0.29) is 24.4 Å². The Morgan fingerprint density at radius 3 is 2.68 bits per heavy atom. The third-order valence-corrected chi connectivity index (χ3v) is 4.60. The molecule has 1 aromatic carbocycles. The Morgan fingerprint density at radius 2 is 2.04 bits per heavy atom. The van der Waals surface area contributed by atoms with Gasteiger partial charge >= 0.3 is 12.1 Å². The van der Waals surface area contributed by atoms with Gasteiger partial charge in [-0.2, -0.15) is 13.2 Å². The first kappa shape index (κ1) is 22.0. The lowest BCUT2D eigenvalue weighted by molar-refractivity contribution is -0.176. The largest absolute Gasteiger partial charge is 0.469 e. The topological polar surface area (TPSA) is 63.2 Å². The third-order valence-electron chi connectivity index (χ3n) is 4.60. The number of halogens is 3. The normalized spacial score (nSPS) is 20.4. The molecule has 28 heavy (non-hydrogen) atoms. The van der Waals surface area contributed by atoms with E-state index in [0.717, 1.165) is 5.56 Å². The van der Waals surface area contributed by atoms with Crippen LogP contribution >= 0.6 is 0 Å². The van der Waals surface area contributed by atoms with Gasteiger partial charge in [0.2, 0.25) is 0 Å². The Morgan fingerprint density at radius 1 is 1.32 bits per heavy atom. The van der Waals surface area contributed by atoms with Crippen LogP contribution in [0.4, 0.5) is 13.2 Å². The highest BCUT2D eigenvalue weighted by Gasteiger charge is 2.36. The lowest BCUT2D eigenvalue weighted by Gasteiger charge is -2.21. The first-order valence-electron chi connectivity index (χ1n) is 8.99. The highest BCUT2D eigenvalue weighted by atomic mass is 19.4. The van der Waals surface area contributed by atoms with Gasteiger partial charge in [0, 0.05) is 26.7 Å². The molecule has 1 fully saturated rings. The summed E-state index contributed by atoms with van der Waals surface area (Å²) in [4.78, 5) is 18.1. The number of alkyl halides is 3. The van der Waals surface area contributed by atoms with Crippen LogP contribution in [-0.4, -0.2) is 56.9 Å². The predicted molar refractivity (Wildman–Crippen MR) is 98.6 cm³/mol. The molecule has 0 saturated carbocycles. The van der Waals surface area contributed by atoms with Gasteiger partial charge in [-0.25, -0.2) is 0 Å². The second-order valence-corrected chi connectivity index (χ2v) is 6.84. The van der Waals surface area contributed by atoms with E-state index in [0.29, 0.717) is 31.2 Å². The summed E-state index contributed by atoms with van der Waals surface area (Å²) in [6.45, 7) is 2.29. The zero-order chi connectivity index (χ0) is 20.7.